The molecule has 0 saturated carbocycles. The second-order valence-corrected chi connectivity index (χ2v) is 28.9. The third kappa shape index (κ3) is 23.0. The Morgan fingerprint density at radius 2 is 0.702 bits per heavy atom. The Morgan fingerprint density at radius 3 is 1.16 bits per heavy atom. The first-order valence-corrected chi connectivity index (χ1v) is 35.5. The standard InChI is InChI=1S/C37H36N.C25H22N.C19H24N.C15H10N.4Ir/c1-36(2,3)33-17-13-26(14-18-33)30-23-31(27-15-19-34(20-16-27)37(4,5)6)25-32(24-30)28-10-9-11-29(22-28)35-12-7-8-21-38-35;1-25(2,3)22-13-11-18(12-14-22)20-8-6-9-21(17-20)24-23-10-5-4-7-19(23)15-16-26-24;1-2-3-4-5-6-7-10-17-12-14-18(15-13-17)19-11-8-9-16-20-19;1-2-7-13(8-3-1)15-14-9-5-4-6-12(14)10-11-16-15;;;;/h7-10,12-25H,1-6H3;4-8,10-17H,1-3H3;8-9,11-14,16H,2-7,10H2,1H3;1-7,9-11H;;;;/q4*-1;;;;. The van der Waals surface area contributed by atoms with E-state index in [1.54, 1.807) is 0 Å². The van der Waals surface area contributed by atoms with E-state index in [2.05, 4.69) is 283 Å². The first-order chi connectivity index (χ1) is 48.4. The van der Waals surface area contributed by atoms with Crippen LogP contribution in [0.1, 0.15) is 130 Å². The summed E-state index contributed by atoms with van der Waals surface area (Å²) in [7, 11) is 0. The van der Waals surface area contributed by atoms with Crippen LogP contribution in [0.5, 0.6) is 0 Å². The average Bonchev–Trinajstić information content (AvgIpc) is 0.793. The summed E-state index contributed by atoms with van der Waals surface area (Å²) in [5.41, 5.74) is 23.5. The van der Waals surface area contributed by atoms with Gasteiger partial charge in [0.05, 0.1) is 0 Å². The van der Waals surface area contributed by atoms with E-state index in [0.29, 0.717) is 0 Å². The molecule has 0 unspecified atom stereocenters. The van der Waals surface area contributed by atoms with E-state index in [1.165, 1.54) is 122 Å². The fraction of sp³-hybridized carbons (Fsp3) is 0.208. The Labute approximate surface area is 674 Å². The summed E-state index contributed by atoms with van der Waals surface area (Å²) in [4.78, 5) is 18.0. The molecule has 104 heavy (non-hydrogen) atoms. The van der Waals surface area contributed by atoms with Crippen LogP contribution in [-0.2, 0) is 103 Å². The molecule has 0 fully saturated rings. The molecule has 14 aromatic rings. The monoisotopic (exact) mass is 2070 g/mol. The molecule has 0 aliphatic heterocycles. The molecule has 0 aliphatic carbocycles. The zero-order valence-electron chi connectivity index (χ0n) is 61.3. The van der Waals surface area contributed by atoms with Crippen LogP contribution >= 0.6 is 0 Å². The maximum atomic E-state index is 4.63. The summed E-state index contributed by atoms with van der Waals surface area (Å²) in [6.07, 6.45) is 16.7. The predicted octanol–water partition coefficient (Wildman–Crippen LogP) is 26.0. The van der Waals surface area contributed by atoms with Crippen LogP contribution < -0.4 is 0 Å². The van der Waals surface area contributed by atoms with Gasteiger partial charge in [0.2, 0.25) is 0 Å². The number of aryl methyl sites for hydroxylation is 1. The molecule has 4 radical (unpaired) electrons. The minimum absolute atomic E-state index is 0. The van der Waals surface area contributed by atoms with Crippen LogP contribution in [0.4, 0.5) is 0 Å². The molecular weight excluding hydrogens is 1980 g/mol. The van der Waals surface area contributed by atoms with Crippen molar-refractivity contribution in [1.29, 1.82) is 0 Å². The van der Waals surface area contributed by atoms with Gasteiger partial charge in [-0.3, -0.25) is 0 Å². The Hall–Kier alpha value is -8.08. The predicted molar refractivity (Wildman–Crippen MR) is 424 cm³/mol. The van der Waals surface area contributed by atoms with E-state index >= 15 is 0 Å². The second kappa shape index (κ2) is 39.9. The van der Waals surface area contributed by atoms with Crippen molar-refractivity contribution >= 4 is 21.5 Å². The normalized spacial score (nSPS) is 10.9. The van der Waals surface area contributed by atoms with E-state index in [-0.39, 0.29) is 96.7 Å². The van der Waals surface area contributed by atoms with Crippen molar-refractivity contribution in [2.45, 2.75) is 130 Å². The van der Waals surface area contributed by atoms with Crippen molar-refractivity contribution in [2.75, 3.05) is 0 Å². The topological polar surface area (TPSA) is 51.6 Å². The van der Waals surface area contributed by atoms with Crippen LogP contribution in [-0.4, -0.2) is 19.9 Å². The Kier molecular flexibility index (Phi) is 31.9. The number of fused-ring (bicyclic) bond motifs is 2. The molecule has 0 bridgehead atoms. The van der Waals surface area contributed by atoms with Gasteiger partial charge in [0, 0.05) is 105 Å². The van der Waals surface area contributed by atoms with Crippen molar-refractivity contribution in [3.8, 4) is 89.5 Å². The first-order valence-electron chi connectivity index (χ1n) is 35.5. The molecule has 0 N–H and O–H groups in total. The quantitative estimate of drug-likeness (QED) is 0.0758. The molecule has 4 heterocycles. The number of hydrogen-bond donors (Lipinski definition) is 0. The van der Waals surface area contributed by atoms with Crippen molar-refractivity contribution in [3.05, 3.63) is 338 Å². The van der Waals surface area contributed by atoms with E-state index in [4.69, 9.17) is 0 Å². The maximum Gasteiger partial charge on any atom is 0.0167 e. The van der Waals surface area contributed by atoms with E-state index in [1.807, 2.05) is 122 Å². The molecule has 4 nitrogen and oxygen atoms in total. The van der Waals surface area contributed by atoms with E-state index in [0.717, 1.165) is 56.0 Å². The third-order valence-corrected chi connectivity index (χ3v) is 18.3. The van der Waals surface area contributed by atoms with Crippen LogP contribution in [0.3, 0.4) is 0 Å². The number of rotatable bonds is 15. The van der Waals surface area contributed by atoms with Gasteiger partial charge < -0.3 is 19.9 Å². The van der Waals surface area contributed by atoms with E-state index in [9.17, 15) is 0 Å². The van der Waals surface area contributed by atoms with Crippen molar-refractivity contribution in [2.24, 2.45) is 0 Å². The Balaban J connectivity index is 0.000000201. The molecule has 0 saturated heterocycles. The second-order valence-electron chi connectivity index (χ2n) is 28.9. The molecule has 0 amide bonds. The summed E-state index contributed by atoms with van der Waals surface area (Å²) < 4.78 is 0. The van der Waals surface area contributed by atoms with Crippen molar-refractivity contribution in [3.63, 3.8) is 0 Å². The maximum absolute atomic E-state index is 4.63. The molecule has 14 rings (SSSR count). The number of hydrogen-bond acceptors (Lipinski definition) is 4. The van der Waals surface area contributed by atoms with Gasteiger partial charge >= 0.3 is 0 Å². The molecule has 536 valence electrons. The molecule has 10 aromatic carbocycles. The van der Waals surface area contributed by atoms with Crippen molar-refractivity contribution < 1.29 is 80.4 Å². The fourth-order valence-electron chi connectivity index (χ4n) is 12.3. The smallest absolute Gasteiger partial charge is 0.0167 e. The van der Waals surface area contributed by atoms with E-state index < -0.39 is 0 Å². The van der Waals surface area contributed by atoms with Gasteiger partial charge in [-0.2, -0.15) is 0 Å². The van der Waals surface area contributed by atoms with Gasteiger partial charge in [0.15, 0.2) is 0 Å². The largest absolute Gasteiger partial charge is 0.305 e. The molecular formula is C96H92Ir4N4-4. The van der Waals surface area contributed by atoms with Crippen LogP contribution in [0, 0.1) is 24.3 Å². The minimum atomic E-state index is 0. The summed E-state index contributed by atoms with van der Waals surface area (Å²) in [6.45, 7) is 22.5. The summed E-state index contributed by atoms with van der Waals surface area (Å²) in [5.74, 6) is 0. The molecule has 0 spiro atoms. The van der Waals surface area contributed by atoms with Gasteiger partial charge in [-0.05, 0) is 153 Å². The molecule has 0 aliphatic rings. The Bertz CT molecular complexity index is 4800. The SMILES string of the molecule is CC(C)(C)c1ccc(-c2cc(-c3ccc(C(C)(C)C)cc3)cc(-c3cc[c-]c(-c4ccccn4)c3)c2)cc1.CC(C)(C)c1ccc(-c2cc[c-]c(-c3nccc4ccccc34)c2)cc1.CCCCCCCCc1c[c-]c(-c2ccccn2)cc1.[Ir].[Ir].[Ir].[Ir].[c-]1ccccc1-c1nccc2ccccc12. The average molecular weight is 2070 g/mol. The third-order valence-electron chi connectivity index (χ3n) is 18.3. The van der Waals surface area contributed by atoms with Gasteiger partial charge in [0.1, 0.15) is 0 Å². The Morgan fingerprint density at radius 1 is 0.288 bits per heavy atom. The zero-order valence-corrected chi connectivity index (χ0v) is 70.9. The number of nitrogens with zero attached hydrogens (tertiary/aromatic N) is 4. The van der Waals surface area contributed by atoms with Crippen LogP contribution in [0.15, 0.2) is 292 Å². The van der Waals surface area contributed by atoms with Gasteiger partial charge in [-0.25, -0.2) is 0 Å². The van der Waals surface area contributed by atoms with Gasteiger partial charge in [-0.1, -0.05) is 260 Å². The number of pyridine rings is 4. The molecule has 0 atom stereocenters. The molecule has 8 heteroatoms. The number of unbranched alkanes of at least 4 members (excludes halogenated alkanes) is 5. The van der Waals surface area contributed by atoms with Gasteiger partial charge in [0.25, 0.3) is 0 Å². The molecule has 4 aromatic heterocycles. The number of benzene rings is 10. The minimum Gasteiger partial charge on any atom is -0.305 e. The first kappa shape index (κ1) is 83.2. The van der Waals surface area contributed by atoms with Crippen LogP contribution in [0.2, 0.25) is 0 Å². The van der Waals surface area contributed by atoms with Crippen molar-refractivity contribution in [1.82, 2.24) is 19.9 Å². The number of aromatic nitrogens is 4. The van der Waals surface area contributed by atoms with Gasteiger partial charge in [-0.15, -0.1) is 142 Å². The summed E-state index contributed by atoms with van der Waals surface area (Å²) in [6, 6.07) is 107. The van der Waals surface area contributed by atoms with Crippen LogP contribution in [0.25, 0.3) is 111 Å². The summed E-state index contributed by atoms with van der Waals surface area (Å²) >= 11 is 0. The fourth-order valence-corrected chi connectivity index (χ4v) is 12.3. The zero-order chi connectivity index (χ0) is 69.9. The summed E-state index contributed by atoms with van der Waals surface area (Å²) in [5, 5.41) is 4.74.